The van der Waals surface area contributed by atoms with Gasteiger partial charge in [-0.3, -0.25) is 4.79 Å². The number of hydrogen-bond donors (Lipinski definition) is 0. The molecule has 0 aliphatic rings. The van der Waals surface area contributed by atoms with Crippen LogP contribution >= 0.6 is 0 Å². The van der Waals surface area contributed by atoms with Crippen LogP contribution in [-0.4, -0.2) is 30.9 Å². The Morgan fingerprint density at radius 1 is 1.36 bits per heavy atom. The Balaban J connectivity index is 0. The van der Waals surface area contributed by atoms with Gasteiger partial charge in [0.1, 0.15) is 0 Å². The maximum Gasteiger partial charge on any atom is 0.332 e. The van der Waals surface area contributed by atoms with Crippen LogP contribution in [0.4, 0.5) is 0 Å². The van der Waals surface area contributed by atoms with Crippen LogP contribution in [0.5, 0.6) is 0 Å². The summed E-state index contributed by atoms with van der Waals surface area (Å²) in [5, 5.41) is 0. The lowest BCUT2D eigenvalue weighted by atomic mass is 10.4. The second-order valence-corrected chi connectivity index (χ2v) is 2.58. The summed E-state index contributed by atoms with van der Waals surface area (Å²) in [5.74, 6) is -0.338. The number of rotatable bonds is 2. The van der Waals surface area contributed by atoms with Crippen molar-refractivity contribution in [3.8, 4) is 0 Å². The van der Waals surface area contributed by atoms with Gasteiger partial charge in [0.2, 0.25) is 5.91 Å². The quantitative estimate of drug-likeness (QED) is 0.498. The van der Waals surface area contributed by atoms with E-state index in [1.165, 1.54) is 25.1 Å². The van der Waals surface area contributed by atoms with Crippen molar-refractivity contribution >= 4 is 11.9 Å². The van der Waals surface area contributed by atoms with Gasteiger partial charge in [-0.05, 0) is 13.1 Å². The second kappa shape index (κ2) is 8.04. The highest BCUT2D eigenvalue weighted by Gasteiger charge is 1.95. The van der Waals surface area contributed by atoms with Gasteiger partial charge in [0.15, 0.2) is 0 Å². The lowest BCUT2D eigenvalue weighted by molar-refractivity contribution is -0.136. The van der Waals surface area contributed by atoms with Gasteiger partial charge in [0, 0.05) is 19.5 Å². The van der Waals surface area contributed by atoms with Crippen molar-refractivity contribution in [3.63, 3.8) is 0 Å². The molecule has 0 spiro atoms. The highest BCUT2D eigenvalue weighted by molar-refractivity contribution is 5.86. The smallest absolute Gasteiger partial charge is 0.332 e. The Bertz CT molecular complexity index is 234. The molecule has 14 heavy (non-hydrogen) atoms. The van der Waals surface area contributed by atoms with E-state index < -0.39 is 0 Å². The number of ether oxygens (including phenoxy) is 1. The van der Waals surface area contributed by atoms with E-state index in [-0.39, 0.29) is 11.9 Å². The minimum atomic E-state index is -0.347. The Kier molecular flexibility index (Phi) is 8.57. The molecule has 80 valence electrons. The van der Waals surface area contributed by atoms with Crippen molar-refractivity contribution in [2.75, 3.05) is 14.2 Å². The van der Waals surface area contributed by atoms with E-state index in [1.54, 1.807) is 14.0 Å². The molecule has 0 aliphatic heterocycles. The Morgan fingerprint density at radius 2 is 1.79 bits per heavy atom. The van der Waals surface area contributed by atoms with Crippen LogP contribution in [0.2, 0.25) is 0 Å². The number of amides is 1. The number of nitrogens with zero attached hydrogens (tertiary/aromatic N) is 1. The molecule has 0 bridgehead atoms. The molecule has 0 aromatic carbocycles. The standard InChI is InChI=1S/C5H9NO.C5H8O2/c1-4-6(3)5(2)7;1-4(2)5(6)7-3/h4H,1H2,2-3H3;1H2,2-3H3. The van der Waals surface area contributed by atoms with E-state index in [4.69, 9.17) is 0 Å². The zero-order valence-corrected chi connectivity index (χ0v) is 9.16. The van der Waals surface area contributed by atoms with Gasteiger partial charge in [0.05, 0.1) is 7.11 Å². The fraction of sp³-hybridized carbons (Fsp3) is 0.400. The first-order valence-electron chi connectivity index (χ1n) is 3.96. The third-order valence-electron chi connectivity index (χ3n) is 1.30. The van der Waals surface area contributed by atoms with Crippen molar-refractivity contribution in [1.82, 2.24) is 4.90 Å². The summed E-state index contributed by atoms with van der Waals surface area (Å²) >= 11 is 0. The zero-order valence-electron chi connectivity index (χ0n) is 9.16. The van der Waals surface area contributed by atoms with Gasteiger partial charge in [0.25, 0.3) is 0 Å². The van der Waals surface area contributed by atoms with Crippen molar-refractivity contribution in [2.24, 2.45) is 0 Å². The molecule has 0 aliphatic carbocycles. The molecular formula is C10H17NO3. The first-order chi connectivity index (χ1) is 6.36. The van der Waals surface area contributed by atoms with E-state index in [1.807, 2.05) is 0 Å². The van der Waals surface area contributed by atoms with Crippen molar-refractivity contribution in [2.45, 2.75) is 13.8 Å². The molecule has 4 heteroatoms. The lowest BCUT2D eigenvalue weighted by Crippen LogP contribution is -2.15. The monoisotopic (exact) mass is 199 g/mol. The highest BCUT2D eigenvalue weighted by Crippen LogP contribution is 1.87. The predicted octanol–water partition coefficient (Wildman–Crippen LogP) is 1.34. The van der Waals surface area contributed by atoms with E-state index in [0.29, 0.717) is 5.57 Å². The van der Waals surface area contributed by atoms with E-state index in [0.717, 1.165) is 0 Å². The Labute approximate surface area is 84.8 Å². The molecule has 4 nitrogen and oxygen atoms in total. The van der Waals surface area contributed by atoms with Gasteiger partial charge in [-0.1, -0.05) is 13.2 Å². The van der Waals surface area contributed by atoms with Gasteiger partial charge in [-0.2, -0.15) is 0 Å². The van der Waals surface area contributed by atoms with Gasteiger partial charge in [-0.25, -0.2) is 4.79 Å². The Hall–Kier alpha value is -1.58. The zero-order chi connectivity index (χ0) is 11.7. The molecule has 0 saturated heterocycles. The van der Waals surface area contributed by atoms with E-state index in [2.05, 4.69) is 17.9 Å². The SMILES string of the molecule is C=C(C)C(=O)OC.C=CN(C)C(C)=O. The Morgan fingerprint density at radius 3 is 1.79 bits per heavy atom. The average molecular weight is 199 g/mol. The molecule has 0 fully saturated rings. The summed E-state index contributed by atoms with van der Waals surface area (Å²) in [6, 6.07) is 0. The summed E-state index contributed by atoms with van der Waals surface area (Å²) in [6.45, 7) is 9.83. The largest absolute Gasteiger partial charge is 0.466 e. The highest BCUT2D eigenvalue weighted by atomic mass is 16.5. The van der Waals surface area contributed by atoms with Crippen LogP contribution in [0.3, 0.4) is 0 Å². The van der Waals surface area contributed by atoms with Crippen molar-refractivity contribution in [1.29, 1.82) is 0 Å². The van der Waals surface area contributed by atoms with E-state index in [9.17, 15) is 9.59 Å². The normalized spacial score (nSPS) is 7.71. The number of carbonyl (C=O) groups is 2. The molecule has 0 aromatic rings. The van der Waals surface area contributed by atoms with Crippen LogP contribution < -0.4 is 0 Å². The summed E-state index contributed by atoms with van der Waals surface area (Å²) < 4.78 is 4.27. The van der Waals surface area contributed by atoms with Crippen LogP contribution in [0.1, 0.15) is 13.8 Å². The van der Waals surface area contributed by atoms with Gasteiger partial charge < -0.3 is 9.64 Å². The predicted molar refractivity (Wildman–Crippen MR) is 55.5 cm³/mol. The number of carbonyl (C=O) groups excluding carboxylic acids is 2. The third kappa shape index (κ3) is 8.52. The first kappa shape index (κ1) is 14.9. The van der Waals surface area contributed by atoms with Crippen molar-refractivity contribution in [3.05, 3.63) is 24.9 Å². The molecule has 0 aromatic heterocycles. The second-order valence-electron chi connectivity index (χ2n) is 2.58. The fourth-order valence-corrected chi connectivity index (χ4v) is 0.303. The van der Waals surface area contributed by atoms with E-state index >= 15 is 0 Å². The summed E-state index contributed by atoms with van der Waals surface area (Å²) in [5.41, 5.74) is 0.433. The molecule has 0 atom stereocenters. The summed E-state index contributed by atoms with van der Waals surface area (Å²) in [7, 11) is 2.99. The van der Waals surface area contributed by atoms with Gasteiger partial charge >= 0.3 is 5.97 Å². The minimum absolute atomic E-state index is 0.00926. The molecule has 1 amide bonds. The first-order valence-corrected chi connectivity index (χ1v) is 3.96. The summed E-state index contributed by atoms with van der Waals surface area (Å²) in [4.78, 5) is 21.8. The number of hydrogen-bond acceptors (Lipinski definition) is 3. The number of esters is 1. The van der Waals surface area contributed by atoms with Crippen LogP contribution in [-0.2, 0) is 14.3 Å². The lowest BCUT2D eigenvalue weighted by Gasteiger charge is -2.04. The third-order valence-corrected chi connectivity index (χ3v) is 1.30. The topological polar surface area (TPSA) is 46.6 Å². The molecule has 0 radical (unpaired) electrons. The summed E-state index contributed by atoms with van der Waals surface area (Å²) in [6.07, 6.45) is 1.47. The van der Waals surface area contributed by atoms with Crippen LogP contribution in [0, 0.1) is 0 Å². The minimum Gasteiger partial charge on any atom is -0.466 e. The molecular weight excluding hydrogens is 182 g/mol. The fourth-order valence-electron chi connectivity index (χ4n) is 0.303. The maximum absolute atomic E-state index is 10.2. The average Bonchev–Trinajstić information content (AvgIpc) is 2.15. The van der Waals surface area contributed by atoms with Crippen LogP contribution in [0.25, 0.3) is 0 Å². The molecule has 0 saturated carbocycles. The van der Waals surface area contributed by atoms with Gasteiger partial charge in [-0.15, -0.1) is 0 Å². The maximum atomic E-state index is 10.2. The molecule has 0 N–H and O–H groups in total. The van der Waals surface area contributed by atoms with Crippen molar-refractivity contribution < 1.29 is 14.3 Å². The molecule has 0 rings (SSSR count). The number of methoxy groups -OCH3 is 1. The van der Waals surface area contributed by atoms with Crippen LogP contribution in [0.15, 0.2) is 24.9 Å². The molecule has 0 heterocycles. The molecule has 0 unspecified atom stereocenters.